The minimum absolute atomic E-state index is 0.0842. The van der Waals surface area contributed by atoms with Crippen molar-refractivity contribution in [3.8, 4) is 17.2 Å². The lowest BCUT2D eigenvalue weighted by Crippen LogP contribution is -2.06. The van der Waals surface area contributed by atoms with Gasteiger partial charge in [0.2, 0.25) is 0 Å². The van der Waals surface area contributed by atoms with Gasteiger partial charge in [0.15, 0.2) is 0 Å². The van der Waals surface area contributed by atoms with E-state index in [0.29, 0.717) is 34.9 Å². The molecule has 6 nitrogen and oxygen atoms in total. The van der Waals surface area contributed by atoms with Crippen molar-refractivity contribution in [1.82, 2.24) is 4.98 Å². The average Bonchev–Trinajstić information content (AvgIpc) is 2.55. The van der Waals surface area contributed by atoms with Gasteiger partial charge in [-0.3, -0.25) is 4.98 Å². The lowest BCUT2D eigenvalue weighted by atomic mass is 10.1. The molecule has 0 unspecified atom stereocenters. The Bertz CT molecular complexity index is 659. The van der Waals surface area contributed by atoms with Gasteiger partial charge < -0.3 is 25.0 Å². The van der Waals surface area contributed by atoms with Crippen LogP contribution in [-0.2, 0) is 13.2 Å². The van der Waals surface area contributed by atoms with Crippen LogP contribution in [0.1, 0.15) is 16.8 Å². The maximum absolute atomic E-state index is 10.1. The van der Waals surface area contributed by atoms with Crippen LogP contribution in [0.2, 0.25) is 0 Å². The van der Waals surface area contributed by atoms with E-state index in [4.69, 9.17) is 9.47 Å². The molecule has 0 aliphatic heterocycles. The van der Waals surface area contributed by atoms with Crippen LogP contribution in [0.5, 0.6) is 17.2 Å². The summed E-state index contributed by atoms with van der Waals surface area (Å²) in [7, 11) is 3.17. The SMILES string of the molecule is COc1ccc(OC)c(NCc2c(CO)cnc(C)c2O)c1. The molecule has 1 aromatic carbocycles. The molecule has 22 heavy (non-hydrogen) atoms. The third kappa shape index (κ3) is 3.23. The molecule has 2 rings (SSSR count). The van der Waals surface area contributed by atoms with E-state index >= 15 is 0 Å². The smallest absolute Gasteiger partial charge is 0.142 e. The van der Waals surface area contributed by atoms with Crippen LogP contribution in [0.15, 0.2) is 24.4 Å². The maximum Gasteiger partial charge on any atom is 0.142 e. The largest absolute Gasteiger partial charge is 0.506 e. The molecule has 0 atom stereocenters. The van der Waals surface area contributed by atoms with Gasteiger partial charge in [-0.2, -0.15) is 0 Å². The lowest BCUT2D eigenvalue weighted by Gasteiger charge is -2.15. The Hall–Kier alpha value is -2.47. The van der Waals surface area contributed by atoms with E-state index in [0.717, 1.165) is 5.69 Å². The minimum Gasteiger partial charge on any atom is -0.506 e. The zero-order chi connectivity index (χ0) is 16.1. The van der Waals surface area contributed by atoms with Crippen LogP contribution in [0.3, 0.4) is 0 Å². The molecule has 0 amide bonds. The molecule has 1 aromatic heterocycles. The van der Waals surface area contributed by atoms with Crippen molar-refractivity contribution in [2.24, 2.45) is 0 Å². The first-order valence-electron chi connectivity index (χ1n) is 6.83. The van der Waals surface area contributed by atoms with Gasteiger partial charge in [-0.1, -0.05) is 0 Å². The summed E-state index contributed by atoms with van der Waals surface area (Å²) in [4.78, 5) is 4.04. The molecule has 6 heteroatoms. The Morgan fingerprint density at radius 1 is 1.23 bits per heavy atom. The quantitative estimate of drug-likeness (QED) is 0.759. The summed E-state index contributed by atoms with van der Waals surface area (Å²) in [6.07, 6.45) is 1.56. The second-order valence-electron chi connectivity index (χ2n) is 4.77. The van der Waals surface area contributed by atoms with Crippen LogP contribution >= 0.6 is 0 Å². The summed E-state index contributed by atoms with van der Waals surface area (Å²) in [5.41, 5.74) is 2.45. The first-order chi connectivity index (χ1) is 10.6. The predicted octanol–water partition coefficient (Wildman–Crippen LogP) is 2.22. The van der Waals surface area contributed by atoms with Crippen LogP contribution < -0.4 is 14.8 Å². The number of anilines is 1. The average molecular weight is 304 g/mol. The molecule has 0 radical (unpaired) electrons. The van der Waals surface area contributed by atoms with Gasteiger partial charge in [-0.15, -0.1) is 0 Å². The zero-order valence-corrected chi connectivity index (χ0v) is 12.9. The predicted molar refractivity (Wildman–Crippen MR) is 83.4 cm³/mol. The number of pyridine rings is 1. The topological polar surface area (TPSA) is 83.8 Å². The number of nitrogens with one attached hydrogen (secondary N) is 1. The van der Waals surface area contributed by atoms with Gasteiger partial charge in [0.1, 0.15) is 17.2 Å². The molecule has 0 aliphatic carbocycles. The number of aromatic nitrogens is 1. The van der Waals surface area contributed by atoms with E-state index in [1.165, 1.54) is 0 Å². The molecule has 0 aliphatic rings. The number of hydrogen-bond donors (Lipinski definition) is 3. The first kappa shape index (κ1) is 15.9. The van der Waals surface area contributed by atoms with E-state index in [9.17, 15) is 10.2 Å². The molecule has 0 saturated heterocycles. The van der Waals surface area contributed by atoms with Gasteiger partial charge in [-0.05, 0) is 19.1 Å². The highest BCUT2D eigenvalue weighted by Crippen LogP contribution is 2.31. The first-order valence-corrected chi connectivity index (χ1v) is 6.83. The van der Waals surface area contributed by atoms with E-state index in [-0.39, 0.29) is 12.4 Å². The van der Waals surface area contributed by atoms with E-state index in [2.05, 4.69) is 10.3 Å². The molecule has 1 heterocycles. The number of nitrogens with zero attached hydrogens (tertiary/aromatic N) is 1. The third-order valence-electron chi connectivity index (χ3n) is 3.46. The Balaban J connectivity index is 2.29. The van der Waals surface area contributed by atoms with Gasteiger partial charge in [-0.25, -0.2) is 0 Å². The summed E-state index contributed by atoms with van der Waals surface area (Å²) in [5, 5.41) is 22.7. The lowest BCUT2D eigenvalue weighted by molar-refractivity contribution is 0.279. The summed E-state index contributed by atoms with van der Waals surface area (Å²) >= 11 is 0. The monoisotopic (exact) mass is 304 g/mol. The van der Waals surface area contributed by atoms with Crippen molar-refractivity contribution in [2.45, 2.75) is 20.1 Å². The van der Waals surface area contributed by atoms with Gasteiger partial charge in [0.25, 0.3) is 0 Å². The van der Waals surface area contributed by atoms with E-state index in [1.807, 2.05) is 6.07 Å². The minimum atomic E-state index is -0.187. The summed E-state index contributed by atoms with van der Waals surface area (Å²) in [6.45, 7) is 1.85. The van der Waals surface area contributed by atoms with Gasteiger partial charge in [0.05, 0.1) is 32.2 Å². The number of benzene rings is 1. The molecule has 0 bridgehead atoms. The van der Waals surface area contributed by atoms with Crippen molar-refractivity contribution in [3.05, 3.63) is 41.2 Å². The Kier molecular flexibility index (Phi) is 5.06. The van der Waals surface area contributed by atoms with E-state index < -0.39 is 0 Å². The molecule has 3 N–H and O–H groups in total. The number of aryl methyl sites for hydroxylation is 1. The van der Waals surface area contributed by atoms with Crippen molar-refractivity contribution < 1.29 is 19.7 Å². The number of hydrogen-bond acceptors (Lipinski definition) is 6. The zero-order valence-electron chi connectivity index (χ0n) is 12.9. The molecule has 0 fully saturated rings. The number of aromatic hydroxyl groups is 1. The fraction of sp³-hybridized carbons (Fsp3) is 0.312. The molecule has 2 aromatic rings. The number of aliphatic hydroxyl groups excluding tert-OH is 1. The van der Waals surface area contributed by atoms with Crippen LogP contribution in [-0.4, -0.2) is 29.4 Å². The third-order valence-corrected chi connectivity index (χ3v) is 3.46. The summed E-state index contributed by atoms with van der Waals surface area (Å²) < 4.78 is 10.5. The number of aliphatic hydroxyl groups is 1. The number of ether oxygens (including phenoxy) is 2. The van der Waals surface area contributed by atoms with E-state index in [1.54, 1.807) is 39.5 Å². The van der Waals surface area contributed by atoms with Gasteiger partial charge in [0, 0.05) is 29.9 Å². The molecular weight excluding hydrogens is 284 g/mol. The van der Waals surface area contributed by atoms with Crippen LogP contribution in [0.4, 0.5) is 5.69 Å². The van der Waals surface area contributed by atoms with Crippen LogP contribution in [0, 0.1) is 6.92 Å². The highest BCUT2D eigenvalue weighted by molar-refractivity contribution is 5.60. The van der Waals surface area contributed by atoms with Crippen molar-refractivity contribution >= 4 is 5.69 Å². The standard InChI is InChI=1S/C16H20N2O4/c1-10-16(20)13(11(9-19)7-17-10)8-18-14-6-12(21-2)4-5-15(14)22-3/h4-7,18-20H,8-9H2,1-3H3. The van der Waals surface area contributed by atoms with Crippen LogP contribution in [0.25, 0.3) is 0 Å². The highest BCUT2D eigenvalue weighted by atomic mass is 16.5. The molecule has 118 valence electrons. The van der Waals surface area contributed by atoms with Crippen molar-refractivity contribution in [3.63, 3.8) is 0 Å². The molecule has 0 spiro atoms. The molecular formula is C16H20N2O4. The Labute approximate surface area is 129 Å². The second-order valence-corrected chi connectivity index (χ2v) is 4.77. The number of rotatable bonds is 6. The van der Waals surface area contributed by atoms with Gasteiger partial charge >= 0.3 is 0 Å². The summed E-state index contributed by atoms with van der Waals surface area (Å²) in [6, 6.07) is 5.41. The van der Waals surface area contributed by atoms with Crippen molar-refractivity contribution in [2.75, 3.05) is 19.5 Å². The Morgan fingerprint density at radius 2 is 2.00 bits per heavy atom. The second kappa shape index (κ2) is 7.00. The van der Waals surface area contributed by atoms with Crippen molar-refractivity contribution in [1.29, 1.82) is 0 Å². The fourth-order valence-electron chi connectivity index (χ4n) is 2.15. The summed E-state index contributed by atoms with van der Waals surface area (Å²) in [5.74, 6) is 1.44. The number of methoxy groups -OCH3 is 2. The Morgan fingerprint density at radius 3 is 2.64 bits per heavy atom. The molecule has 0 saturated carbocycles. The maximum atomic E-state index is 10.1. The normalized spacial score (nSPS) is 10.4. The fourth-order valence-corrected chi connectivity index (χ4v) is 2.15. The highest BCUT2D eigenvalue weighted by Gasteiger charge is 2.12.